The van der Waals surface area contributed by atoms with E-state index in [9.17, 15) is 0 Å². The van der Waals surface area contributed by atoms with Crippen LogP contribution in [0.4, 0.5) is 0 Å². The second-order valence-electron chi connectivity index (χ2n) is 9.30. The Morgan fingerprint density at radius 2 is 1.77 bits per heavy atom. The Kier molecular flexibility index (Phi) is 7.39. The average molecular weight is 411 g/mol. The molecule has 1 fully saturated rings. The molecule has 31 heavy (non-hydrogen) atoms. The second-order valence-corrected chi connectivity index (χ2v) is 9.30. The van der Waals surface area contributed by atoms with E-state index in [1.54, 1.807) is 0 Å². The number of likely N-dealkylation sites (tertiary alicyclic amines) is 1. The molecule has 0 radical (unpaired) electrons. The maximum atomic E-state index is 4.56. The van der Waals surface area contributed by atoms with Gasteiger partial charge in [-0.2, -0.15) is 0 Å². The first-order valence-corrected chi connectivity index (χ1v) is 11.8. The largest absolute Gasteiger partial charge is 0.300 e. The van der Waals surface area contributed by atoms with Gasteiger partial charge in [0, 0.05) is 18.3 Å². The van der Waals surface area contributed by atoms with Crippen molar-refractivity contribution in [1.82, 2.24) is 9.88 Å². The summed E-state index contributed by atoms with van der Waals surface area (Å²) >= 11 is 0. The lowest BCUT2D eigenvalue weighted by molar-refractivity contribution is 0.210. The van der Waals surface area contributed by atoms with Crippen LogP contribution in [0, 0.1) is 23.7 Å². The van der Waals surface area contributed by atoms with Gasteiger partial charge in [-0.1, -0.05) is 56.2 Å². The molecule has 0 saturated carbocycles. The summed E-state index contributed by atoms with van der Waals surface area (Å²) in [6.07, 6.45) is 15.1. The van der Waals surface area contributed by atoms with Crippen molar-refractivity contribution in [3.8, 4) is 11.8 Å². The van der Waals surface area contributed by atoms with E-state index in [0.717, 1.165) is 36.1 Å². The minimum atomic E-state index is 0.808. The lowest BCUT2D eigenvalue weighted by atomic mass is 9.88. The van der Waals surface area contributed by atoms with Gasteiger partial charge in [0.2, 0.25) is 0 Å². The smallest absolute Gasteiger partial charge is 0.113 e. The summed E-state index contributed by atoms with van der Waals surface area (Å²) in [5.41, 5.74) is 5.76. The van der Waals surface area contributed by atoms with Gasteiger partial charge in [-0.3, -0.25) is 4.90 Å². The Bertz CT molecular complexity index is 962. The minimum absolute atomic E-state index is 0.808. The van der Waals surface area contributed by atoms with E-state index in [1.165, 1.54) is 55.5 Å². The Labute approximate surface area is 188 Å². The Balaban J connectivity index is 1.31. The topological polar surface area (TPSA) is 16.1 Å². The number of hydrogen-bond donors (Lipinski definition) is 0. The molecular weight excluding hydrogens is 376 g/mol. The molecule has 1 unspecified atom stereocenters. The molecule has 2 nitrogen and oxygen atoms in total. The van der Waals surface area contributed by atoms with E-state index in [-0.39, 0.29) is 0 Å². The van der Waals surface area contributed by atoms with Crippen LogP contribution in [0.1, 0.15) is 68.3 Å². The third-order valence-corrected chi connectivity index (χ3v) is 6.60. The summed E-state index contributed by atoms with van der Waals surface area (Å²) in [6.45, 7) is 8.19. The Morgan fingerprint density at radius 1 is 0.968 bits per heavy atom. The molecule has 1 atom stereocenters. The van der Waals surface area contributed by atoms with Gasteiger partial charge in [-0.15, -0.1) is 0 Å². The van der Waals surface area contributed by atoms with Gasteiger partial charge in [0.05, 0.1) is 0 Å². The van der Waals surface area contributed by atoms with Crippen molar-refractivity contribution in [2.75, 3.05) is 19.6 Å². The van der Waals surface area contributed by atoms with Gasteiger partial charge in [-0.25, -0.2) is 4.98 Å². The summed E-state index contributed by atoms with van der Waals surface area (Å²) in [7, 11) is 0. The number of hydrogen-bond acceptors (Lipinski definition) is 2. The van der Waals surface area contributed by atoms with Gasteiger partial charge >= 0.3 is 0 Å². The van der Waals surface area contributed by atoms with Crippen LogP contribution in [0.15, 0.2) is 54.7 Å². The fraction of sp³-hybridized carbons (Fsp3) is 0.414. The zero-order chi connectivity index (χ0) is 21.5. The molecule has 0 bridgehead atoms. The molecule has 2 aliphatic rings. The standard InChI is InChI=1S/C29H34N2/c1-23-5-12-27(13-6-23)28-14-16-29(30-22-28)15-11-26-9-7-25(8-10-26)4-3-19-31-20-17-24(2)18-21-31/h3-4,7-10,12,14,16,22-24H,5-6,13,17-21H2,1-2H3. The predicted molar refractivity (Wildman–Crippen MR) is 132 cm³/mol. The summed E-state index contributed by atoms with van der Waals surface area (Å²) in [4.78, 5) is 7.11. The molecule has 2 heterocycles. The van der Waals surface area contributed by atoms with Crippen LogP contribution >= 0.6 is 0 Å². The van der Waals surface area contributed by atoms with Crippen LogP contribution in [0.3, 0.4) is 0 Å². The molecule has 1 aromatic heterocycles. The highest BCUT2D eigenvalue weighted by molar-refractivity contribution is 5.66. The summed E-state index contributed by atoms with van der Waals surface area (Å²) in [6, 6.07) is 12.7. The van der Waals surface area contributed by atoms with E-state index in [4.69, 9.17) is 0 Å². The van der Waals surface area contributed by atoms with Gasteiger partial charge in [0.1, 0.15) is 5.69 Å². The number of benzene rings is 1. The molecule has 1 aliphatic carbocycles. The zero-order valence-corrected chi connectivity index (χ0v) is 19.0. The van der Waals surface area contributed by atoms with E-state index < -0.39 is 0 Å². The number of allylic oxidation sites excluding steroid dienone is 2. The lowest BCUT2D eigenvalue weighted by Crippen LogP contribution is -2.32. The number of pyridine rings is 1. The van der Waals surface area contributed by atoms with Crippen LogP contribution in [-0.4, -0.2) is 29.5 Å². The van der Waals surface area contributed by atoms with Crippen LogP contribution in [0.25, 0.3) is 11.6 Å². The first kappa shape index (κ1) is 21.6. The third-order valence-electron chi connectivity index (χ3n) is 6.60. The number of rotatable bonds is 4. The van der Waals surface area contributed by atoms with Crippen molar-refractivity contribution in [3.63, 3.8) is 0 Å². The molecule has 1 saturated heterocycles. The average Bonchev–Trinajstić information content (AvgIpc) is 2.81. The van der Waals surface area contributed by atoms with E-state index in [0.29, 0.717) is 0 Å². The molecule has 2 heteroatoms. The minimum Gasteiger partial charge on any atom is -0.300 e. The van der Waals surface area contributed by atoms with Crippen LogP contribution in [0.2, 0.25) is 0 Å². The SMILES string of the molecule is CC1CC=C(c2ccc(C#Cc3ccc(C=CCN4CCC(C)CC4)cc3)nc2)CC1. The number of aromatic nitrogens is 1. The molecule has 160 valence electrons. The van der Waals surface area contributed by atoms with Crippen LogP contribution < -0.4 is 0 Å². The number of nitrogens with zero attached hydrogens (tertiary/aromatic N) is 2. The Hall–Kier alpha value is -2.63. The van der Waals surface area contributed by atoms with Crippen molar-refractivity contribution < 1.29 is 0 Å². The normalized spacial score (nSPS) is 20.3. The van der Waals surface area contributed by atoms with Crippen LogP contribution in [-0.2, 0) is 0 Å². The first-order chi connectivity index (χ1) is 15.2. The summed E-state index contributed by atoms with van der Waals surface area (Å²) in [5.74, 6) is 8.14. The molecule has 2 aromatic rings. The van der Waals surface area contributed by atoms with E-state index in [2.05, 4.69) is 84.1 Å². The fourth-order valence-corrected chi connectivity index (χ4v) is 4.28. The summed E-state index contributed by atoms with van der Waals surface area (Å²) in [5, 5.41) is 0. The number of piperidine rings is 1. The monoisotopic (exact) mass is 410 g/mol. The molecule has 1 aliphatic heterocycles. The molecule has 0 spiro atoms. The third kappa shape index (κ3) is 6.42. The van der Waals surface area contributed by atoms with Crippen molar-refractivity contribution in [1.29, 1.82) is 0 Å². The Morgan fingerprint density at radius 3 is 2.45 bits per heavy atom. The van der Waals surface area contributed by atoms with E-state index >= 15 is 0 Å². The van der Waals surface area contributed by atoms with Gasteiger partial charge in [-0.05, 0) is 97.8 Å². The quantitative estimate of drug-likeness (QED) is 0.540. The highest BCUT2D eigenvalue weighted by Gasteiger charge is 2.14. The van der Waals surface area contributed by atoms with Crippen molar-refractivity contribution in [2.45, 2.75) is 46.0 Å². The van der Waals surface area contributed by atoms with Crippen molar-refractivity contribution in [3.05, 3.63) is 77.1 Å². The second kappa shape index (κ2) is 10.6. The highest BCUT2D eigenvalue weighted by atomic mass is 15.1. The van der Waals surface area contributed by atoms with E-state index in [1.807, 2.05) is 12.3 Å². The lowest BCUT2D eigenvalue weighted by Gasteiger charge is -2.29. The molecular formula is C29H34N2. The maximum absolute atomic E-state index is 4.56. The van der Waals surface area contributed by atoms with Crippen LogP contribution in [0.5, 0.6) is 0 Å². The first-order valence-electron chi connectivity index (χ1n) is 11.8. The molecule has 1 aromatic carbocycles. The summed E-state index contributed by atoms with van der Waals surface area (Å²) < 4.78 is 0. The highest BCUT2D eigenvalue weighted by Crippen LogP contribution is 2.29. The zero-order valence-electron chi connectivity index (χ0n) is 19.0. The predicted octanol–water partition coefficient (Wildman–Crippen LogP) is 6.43. The van der Waals surface area contributed by atoms with Gasteiger partial charge in [0.15, 0.2) is 0 Å². The van der Waals surface area contributed by atoms with Gasteiger partial charge < -0.3 is 0 Å². The molecule has 0 N–H and O–H groups in total. The maximum Gasteiger partial charge on any atom is 0.113 e. The van der Waals surface area contributed by atoms with Crippen molar-refractivity contribution in [2.24, 2.45) is 11.8 Å². The van der Waals surface area contributed by atoms with Crippen molar-refractivity contribution >= 4 is 11.6 Å². The molecule has 0 amide bonds. The molecule has 4 rings (SSSR count). The van der Waals surface area contributed by atoms with Gasteiger partial charge in [0.25, 0.3) is 0 Å². The fourth-order valence-electron chi connectivity index (χ4n) is 4.28.